The standard InChI is InChI=1S/2C9H13.2ClH.Ti/c2*1-7(2)9-5-4-8(3)6-9;;;/h2*5,7H,4H2,1-3H3;2*1H;/q;;;;+2/p-2. The van der Waals surface area contributed by atoms with Gasteiger partial charge in [0, 0.05) is 0 Å². The van der Waals surface area contributed by atoms with Crippen LogP contribution in [-0.2, 0) is 19.2 Å². The average Bonchev–Trinajstić information content (AvgIpc) is 2.85. The summed E-state index contributed by atoms with van der Waals surface area (Å²) in [5.74, 6) is 1.37. The van der Waals surface area contributed by atoms with Gasteiger partial charge in [0.15, 0.2) is 0 Å². The van der Waals surface area contributed by atoms with Gasteiger partial charge in [0.25, 0.3) is 0 Å². The Balaban J connectivity index is 0.00000200. The predicted octanol–water partition coefficient (Wildman–Crippen LogP) is -0.403. The van der Waals surface area contributed by atoms with E-state index in [4.69, 9.17) is 0 Å². The molecule has 0 aromatic rings. The van der Waals surface area contributed by atoms with Crippen molar-refractivity contribution in [1.29, 1.82) is 0 Å². The van der Waals surface area contributed by atoms with Crippen LogP contribution in [0.3, 0.4) is 0 Å². The molecule has 0 nitrogen and oxygen atoms in total. The number of allylic oxidation sites excluding steroid dienone is 8. The van der Waals surface area contributed by atoms with E-state index in [1.807, 2.05) is 0 Å². The summed E-state index contributed by atoms with van der Waals surface area (Å²) < 4.78 is 3.50. The van der Waals surface area contributed by atoms with Crippen LogP contribution in [0.15, 0.2) is 42.2 Å². The van der Waals surface area contributed by atoms with Crippen LogP contribution in [0, 0.1) is 11.8 Å². The Morgan fingerprint density at radius 2 is 1.10 bits per heavy atom. The number of hydrogen-bond acceptors (Lipinski definition) is 0. The van der Waals surface area contributed by atoms with Crippen LogP contribution < -0.4 is 24.8 Å². The number of hydrogen-bond donors (Lipinski definition) is 0. The van der Waals surface area contributed by atoms with E-state index in [0.717, 1.165) is 0 Å². The van der Waals surface area contributed by atoms with Crippen LogP contribution in [0.4, 0.5) is 0 Å². The van der Waals surface area contributed by atoms with E-state index in [9.17, 15) is 0 Å². The van der Waals surface area contributed by atoms with Gasteiger partial charge < -0.3 is 24.8 Å². The van der Waals surface area contributed by atoms with Crippen molar-refractivity contribution in [1.82, 2.24) is 0 Å². The Morgan fingerprint density at radius 1 is 0.762 bits per heavy atom. The van der Waals surface area contributed by atoms with E-state index < -0.39 is 0 Å². The maximum atomic E-state index is 2.47. The molecule has 2 aliphatic carbocycles. The van der Waals surface area contributed by atoms with Crippen molar-refractivity contribution in [2.45, 2.75) is 54.4 Å². The van der Waals surface area contributed by atoms with E-state index in [1.54, 1.807) is 30.0 Å². The van der Waals surface area contributed by atoms with Crippen LogP contribution in [0.5, 0.6) is 0 Å². The second kappa shape index (κ2) is 8.77. The summed E-state index contributed by atoms with van der Waals surface area (Å²) in [5, 5.41) is 0. The third-order valence-corrected chi connectivity index (χ3v) is 7.20. The first-order valence-corrected chi connectivity index (χ1v) is 9.05. The minimum absolute atomic E-state index is 0. The third-order valence-electron chi connectivity index (χ3n) is 4.18. The minimum Gasteiger partial charge on any atom is -1.00 e. The van der Waals surface area contributed by atoms with Crippen molar-refractivity contribution in [3.63, 3.8) is 0 Å². The molecule has 0 N–H and O–H groups in total. The molecule has 2 rings (SSSR count). The van der Waals surface area contributed by atoms with Gasteiger partial charge in [-0.05, 0) is 0 Å². The summed E-state index contributed by atoms with van der Waals surface area (Å²) in [6.07, 6.45) is 7.34. The molecular weight excluding hydrogens is 335 g/mol. The molecule has 2 aliphatic rings. The largest absolute Gasteiger partial charge is 1.00 e. The van der Waals surface area contributed by atoms with E-state index >= 15 is 0 Å². The fourth-order valence-electron chi connectivity index (χ4n) is 2.96. The average molecular weight is 361 g/mol. The molecule has 0 radical (unpaired) electrons. The van der Waals surface area contributed by atoms with Gasteiger partial charge in [0.05, 0.1) is 0 Å². The maximum Gasteiger partial charge on any atom is -1.00 e. The minimum atomic E-state index is -0.144. The van der Waals surface area contributed by atoms with Crippen LogP contribution in [0.25, 0.3) is 0 Å². The van der Waals surface area contributed by atoms with Gasteiger partial charge in [0.2, 0.25) is 0 Å². The van der Waals surface area contributed by atoms with E-state index in [0.29, 0.717) is 11.8 Å². The zero-order valence-corrected chi connectivity index (χ0v) is 17.1. The van der Waals surface area contributed by atoms with Gasteiger partial charge in [0.1, 0.15) is 0 Å². The van der Waals surface area contributed by atoms with Crippen molar-refractivity contribution in [3.8, 4) is 0 Å². The molecule has 0 atom stereocenters. The molecular formula is C18H26Cl2Ti. The summed E-state index contributed by atoms with van der Waals surface area (Å²) in [4.78, 5) is 0. The van der Waals surface area contributed by atoms with E-state index in [-0.39, 0.29) is 44.0 Å². The Labute approximate surface area is 152 Å². The molecule has 0 unspecified atom stereocenters. The molecule has 0 saturated carbocycles. The Hall–Kier alpha value is 0.254. The van der Waals surface area contributed by atoms with Crippen molar-refractivity contribution in [3.05, 3.63) is 42.2 Å². The molecule has 0 aromatic heterocycles. The molecule has 0 heterocycles. The Kier molecular flexibility index (Phi) is 8.88. The van der Waals surface area contributed by atoms with Crippen molar-refractivity contribution in [2.75, 3.05) is 0 Å². The molecule has 0 aliphatic heterocycles. The van der Waals surface area contributed by atoms with Gasteiger partial charge >= 0.3 is 128 Å². The van der Waals surface area contributed by atoms with Gasteiger partial charge in [-0.2, -0.15) is 0 Å². The molecule has 21 heavy (non-hydrogen) atoms. The predicted molar refractivity (Wildman–Crippen MR) is 80.5 cm³/mol. The molecule has 116 valence electrons. The normalized spacial score (nSPS) is 17.7. The first kappa shape index (κ1) is 21.3. The fraction of sp³-hybridized carbons (Fsp3) is 0.556. The molecule has 0 fully saturated rings. The summed E-state index contributed by atoms with van der Waals surface area (Å²) in [6.45, 7) is 14.0. The molecule has 0 aromatic carbocycles. The Bertz CT molecular complexity index is 459. The molecule has 0 saturated heterocycles. The fourth-order valence-corrected chi connectivity index (χ4v) is 6.01. The van der Waals surface area contributed by atoms with Crippen molar-refractivity contribution in [2.24, 2.45) is 11.8 Å². The number of rotatable bonds is 4. The maximum absolute atomic E-state index is 2.47. The van der Waals surface area contributed by atoms with E-state index in [2.05, 4.69) is 53.7 Å². The first-order chi connectivity index (χ1) is 8.91. The van der Waals surface area contributed by atoms with Crippen LogP contribution in [0.2, 0.25) is 0 Å². The molecule has 3 heteroatoms. The molecule has 0 bridgehead atoms. The molecule has 0 spiro atoms. The quantitative estimate of drug-likeness (QED) is 0.598. The summed E-state index contributed by atoms with van der Waals surface area (Å²) in [5.41, 5.74) is 6.57. The molecule has 0 amide bonds. The van der Waals surface area contributed by atoms with Gasteiger partial charge in [-0.3, -0.25) is 0 Å². The SMILES string of the molecule is CC1=[C]([Ti+2][C]2=C(C)CC=C2C(C)C)C(C(C)C)=CC1.[Cl-].[Cl-]. The van der Waals surface area contributed by atoms with E-state index in [1.165, 1.54) is 12.8 Å². The second-order valence-electron chi connectivity index (χ2n) is 6.47. The van der Waals surface area contributed by atoms with Crippen LogP contribution in [-0.4, -0.2) is 0 Å². The summed E-state index contributed by atoms with van der Waals surface area (Å²) in [7, 11) is 0. The third kappa shape index (κ3) is 4.61. The number of halogens is 2. The van der Waals surface area contributed by atoms with Crippen LogP contribution in [0.1, 0.15) is 54.4 Å². The summed E-state index contributed by atoms with van der Waals surface area (Å²) in [6, 6.07) is 0. The van der Waals surface area contributed by atoms with Crippen LogP contribution >= 0.6 is 0 Å². The second-order valence-corrected chi connectivity index (χ2v) is 8.42. The smallest absolute Gasteiger partial charge is 1.00 e. The first-order valence-electron chi connectivity index (χ1n) is 7.49. The summed E-state index contributed by atoms with van der Waals surface area (Å²) >= 11 is -0.144. The van der Waals surface area contributed by atoms with Crippen molar-refractivity contribution >= 4 is 0 Å². The zero-order chi connectivity index (χ0) is 14.2. The Morgan fingerprint density at radius 3 is 1.38 bits per heavy atom. The topological polar surface area (TPSA) is 0 Å². The monoisotopic (exact) mass is 360 g/mol. The van der Waals surface area contributed by atoms with Gasteiger partial charge in [-0.15, -0.1) is 0 Å². The zero-order valence-electron chi connectivity index (χ0n) is 14.0. The van der Waals surface area contributed by atoms with Gasteiger partial charge in [-0.1, -0.05) is 0 Å². The van der Waals surface area contributed by atoms with Gasteiger partial charge in [-0.25, -0.2) is 0 Å². The van der Waals surface area contributed by atoms with Crippen molar-refractivity contribution < 1.29 is 44.0 Å².